The Hall–Kier alpha value is -2.46. The number of carbonyl (C=O) groups excluding carboxylic acids is 1. The first-order chi connectivity index (χ1) is 10.5. The molecule has 10 heteroatoms. The van der Waals surface area contributed by atoms with Crippen LogP contribution in [0, 0.1) is 10.1 Å². The Balaban J connectivity index is 2.70. The number of ether oxygens (including phenoxy) is 1. The fraction of sp³-hybridized carbons (Fsp3) is 0.538. The van der Waals surface area contributed by atoms with Crippen molar-refractivity contribution < 1.29 is 24.7 Å². The topological polar surface area (TPSA) is 161 Å². The van der Waals surface area contributed by atoms with E-state index in [4.69, 9.17) is 10.5 Å². The van der Waals surface area contributed by atoms with Crippen molar-refractivity contribution >= 4 is 17.6 Å². The molecular formula is C13H20N4O6. The van der Waals surface area contributed by atoms with Gasteiger partial charge in [-0.05, 0) is 20.8 Å². The van der Waals surface area contributed by atoms with Crippen molar-refractivity contribution in [2.75, 3.05) is 12.3 Å². The minimum atomic E-state index is -1.49. The molecule has 0 radical (unpaired) electrons. The SMILES string of the molecule is CC(C)(C)OC(=O)NCC(O)C(O)c1cnc(N)c([N+](=O)[O-])c1. The molecule has 1 heterocycles. The van der Waals surface area contributed by atoms with Gasteiger partial charge in [0.25, 0.3) is 0 Å². The highest BCUT2D eigenvalue weighted by molar-refractivity contribution is 5.67. The summed E-state index contributed by atoms with van der Waals surface area (Å²) < 4.78 is 4.98. The Morgan fingerprint density at radius 3 is 2.65 bits per heavy atom. The number of nitrogens with zero attached hydrogens (tertiary/aromatic N) is 2. The summed E-state index contributed by atoms with van der Waals surface area (Å²) in [7, 11) is 0. The zero-order valence-corrected chi connectivity index (χ0v) is 13.0. The van der Waals surface area contributed by atoms with E-state index in [9.17, 15) is 25.1 Å². The predicted molar refractivity (Wildman–Crippen MR) is 80.5 cm³/mol. The average Bonchev–Trinajstić information content (AvgIpc) is 2.42. The number of alkyl carbamates (subject to hydrolysis) is 1. The molecule has 1 rings (SSSR count). The van der Waals surface area contributed by atoms with E-state index in [-0.39, 0.29) is 17.9 Å². The van der Waals surface area contributed by atoms with Gasteiger partial charge in [0, 0.05) is 24.4 Å². The summed E-state index contributed by atoms with van der Waals surface area (Å²) in [5.41, 5.74) is 4.18. The molecule has 0 aliphatic carbocycles. The van der Waals surface area contributed by atoms with Gasteiger partial charge in [0.15, 0.2) is 0 Å². The van der Waals surface area contributed by atoms with Crippen LogP contribution < -0.4 is 11.1 Å². The van der Waals surface area contributed by atoms with E-state index in [2.05, 4.69) is 10.3 Å². The molecular weight excluding hydrogens is 308 g/mol. The molecule has 0 aliphatic heterocycles. The van der Waals surface area contributed by atoms with Gasteiger partial charge in [-0.1, -0.05) is 0 Å². The van der Waals surface area contributed by atoms with Gasteiger partial charge in [-0.2, -0.15) is 0 Å². The van der Waals surface area contributed by atoms with E-state index in [0.717, 1.165) is 12.3 Å². The lowest BCUT2D eigenvalue weighted by molar-refractivity contribution is -0.384. The van der Waals surface area contributed by atoms with Crippen molar-refractivity contribution in [2.24, 2.45) is 0 Å². The Morgan fingerprint density at radius 1 is 1.52 bits per heavy atom. The second-order valence-corrected chi connectivity index (χ2v) is 5.83. The van der Waals surface area contributed by atoms with Gasteiger partial charge in [0.2, 0.25) is 5.82 Å². The third-order valence-electron chi connectivity index (χ3n) is 2.68. The number of pyridine rings is 1. The lowest BCUT2D eigenvalue weighted by atomic mass is 10.1. The van der Waals surface area contributed by atoms with Crippen LogP contribution in [0.25, 0.3) is 0 Å². The van der Waals surface area contributed by atoms with Crippen molar-refractivity contribution in [3.8, 4) is 0 Å². The lowest BCUT2D eigenvalue weighted by Gasteiger charge is -2.22. The van der Waals surface area contributed by atoms with Crippen LogP contribution in [-0.2, 0) is 4.74 Å². The number of aliphatic hydroxyl groups excluding tert-OH is 2. The van der Waals surface area contributed by atoms with Crippen LogP contribution in [0.2, 0.25) is 0 Å². The maximum absolute atomic E-state index is 11.5. The Morgan fingerprint density at radius 2 is 2.13 bits per heavy atom. The Labute approximate surface area is 132 Å². The molecule has 1 aromatic heterocycles. The third-order valence-corrected chi connectivity index (χ3v) is 2.68. The van der Waals surface area contributed by atoms with Gasteiger partial charge in [-0.25, -0.2) is 9.78 Å². The monoisotopic (exact) mass is 328 g/mol. The molecule has 2 atom stereocenters. The highest BCUT2D eigenvalue weighted by Gasteiger charge is 2.24. The normalized spacial score (nSPS) is 14.0. The second-order valence-electron chi connectivity index (χ2n) is 5.83. The smallest absolute Gasteiger partial charge is 0.407 e. The summed E-state index contributed by atoms with van der Waals surface area (Å²) in [6.07, 6.45) is -2.54. The van der Waals surface area contributed by atoms with Gasteiger partial charge < -0.3 is 26.0 Å². The van der Waals surface area contributed by atoms with E-state index in [1.54, 1.807) is 20.8 Å². The molecule has 2 unspecified atom stereocenters. The summed E-state index contributed by atoms with van der Waals surface area (Å²) in [6.45, 7) is 4.72. The number of amides is 1. The maximum Gasteiger partial charge on any atom is 0.407 e. The van der Waals surface area contributed by atoms with Crippen molar-refractivity contribution in [3.63, 3.8) is 0 Å². The predicted octanol–water partition coefficient (Wildman–Crippen LogP) is 0.491. The Kier molecular flexibility index (Phi) is 5.82. The number of hydrogen-bond acceptors (Lipinski definition) is 8. The molecule has 1 aromatic rings. The van der Waals surface area contributed by atoms with Crippen LogP contribution in [-0.4, -0.2) is 44.5 Å². The molecule has 0 bridgehead atoms. The van der Waals surface area contributed by atoms with Crippen LogP contribution in [0.3, 0.4) is 0 Å². The van der Waals surface area contributed by atoms with Crippen LogP contribution in [0.5, 0.6) is 0 Å². The average molecular weight is 328 g/mol. The second kappa shape index (κ2) is 7.20. The number of rotatable bonds is 5. The molecule has 10 nitrogen and oxygen atoms in total. The van der Waals surface area contributed by atoms with Gasteiger partial charge in [-0.3, -0.25) is 10.1 Å². The van der Waals surface area contributed by atoms with Crippen molar-refractivity contribution in [1.29, 1.82) is 0 Å². The number of aliphatic hydroxyl groups is 2. The first kappa shape index (κ1) is 18.6. The van der Waals surface area contributed by atoms with Gasteiger partial charge in [0.1, 0.15) is 17.8 Å². The Bertz CT molecular complexity index is 586. The lowest BCUT2D eigenvalue weighted by Crippen LogP contribution is -2.38. The summed E-state index contributed by atoms with van der Waals surface area (Å²) in [5, 5.41) is 32.9. The molecule has 0 saturated carbocycles. The number of nitrogens with one attached hydrogen (secondary N) is 1. The number of aromatic nitrogens is 1. The maximum atomic E-state index is 11.5. The van der Waals surface area contributed by atoms with Crippen LogP contribution in [0.1, 0.15) is 32.4 Å². The molecule has 23 heavy (non-hydrogen) atoms. The van der Waals surface area contributed by atoms with Gasteiger partial charge in [0.05, 0.1) is 4.92 Å². The molecule has 128 valence electrons. The zero-order valence-electron chi connectivity index (χ0n) is 13.0. The standard InChI is InChI=1S/C13H20N4O6/c1-13(2,3)23-12(20)16-6-9(18)10(19)7-4-8(17(21)22)11(14)15-5-7/h4-5,9-10,18-19H,6H2,1-3H3,(H2,14,15)(H,16,20). The third kappa shape index (κ3) is 5.68. The molecule has 0 aromatic carbocycles. The van der Waals surface area contributed by atoms with Gasteiger partial charge >= 0.3 is 11.8 Å². The number of nitro groups is 1. The molecule has 5 N–H and O–H groups in total. The van der Waals surface area contributed by atoms with Gasteiger partial charge in [-0.15, -0.1) is 0 Å². The number of nitrogen functional groups attached to an aromatic ring is 1. The molecule has 0 aliphatic rings. The van der Waals surface area contributed by atoms with Crippen molar-refractivity contribution in [2.45, 2.75) is 38.6 Å². The zero-order chi connectivity index (χ0) is 17.8. The summed E-state index contributed by atoms with van der Waals surface area (Å²) in [4.78, 5) is 25.1. The van der Waals surface area contributed by atoms with E-state index < -0.39 is 34.5 Å². The quantitative estimate of drug-likeness (QED) is 0.448. The fourth-order valence-electron chi connectivity index (χ4n) is 1.62. The largest absolute Gasteiger partial charge is 0.444 e. The highest BCUT2D eigenvalue weighted by atomic mass is 16.6. The number of carbonyl (C=O) groups is 1. The molecule has 1 amide bonds. The van der Waals surface area contributed by atoms with Crippen LogP contribution in [0.15, 0.2) is 12.3 Å². The summed E-state index contributed by atoms with van der Waals surface area (Å²) in [5.74, 6) is -0.299. The first-order valence-electron chi connectivity index (χ1n) is 6.74. The highest BCUT2D eigenvalue weighted by Crippen LogP contribution is 2.24. The number of anilines is 1. The first-order valence-corrected chi connectivity index (χ1v) is 6.74. The fourth-order valence-corrected chi connectivity index (χ4v) is 1.62. The van der Waals surface area contributed by atoms with Crippen molar-refractivity contribution in [3.05, 3.63) is 27.9 Å². The molecule has 0 spiro atoms. The van der Waals surface area contributed by atoms with E-state index in [1.165, 1.54) is 0 Å². The van der Waals surface area contributed by atoms with E-state index >= 15 is 0 Å². The summed E-state index contributed by atoms with van der Waals surface area (Å²) in [6, 6.07) is 1.02. The van der Waals surface area contributed by atoms with E-state index in [0.29, 0.717) is 0 Å². The minimum Gasteiger partial charge on any atom is -0.444 e. The number of nitrogens with two attached hydrogens (primary N) is 1. The van der Waals surface area contributed by atoms with E-state index in [1.807, 2.05) is 0 Å². The summed E-state index contributed by atoms with van der Waals surface area (Å²) >= 11 is 0. The van der Waals surface area contributed by atoms with Crippen LogP contribution >= 0.6 is 0 Å². The minimum absolute atomic E-state index is 0.00406. The molecule has 0 fully saturated rings. The van der Waals surface area contributed by atoms with Crippen molar-refractivity contribution in [1.82, 2.24) is 10.3 Å². The molecule has 0 saturated heterocycles. The number of hydrogen-bond donors (Lipinski definition) is 4. The van der Waals surface area contributed by atoms with Crippen LogP contribution in [0.4, 0.5) is 16.3 Å².